The number of anilines is 1. The van der Waals surface area contributed by atoms with E-state index in [1.54, 1.807) is 0 Å². The summed E-state index contributed by atoms with van der Waals surface area (Å²) >= 11 is 5.33. The van der Waals surface area contributed by atoms with Gasteiger partial charge in [-0.3, -0.25) is 10.1 Å². The van der Waals surface area contributed by atoms with Crippen LogP contribution >= 0.6 is 11.6 Å². The van der Waals surface area contributed by atoms with Crippen LogP contribution in [0.2, 0.25) is 5.02 Å². The zero-order valence-electron chi connectivity index (χ0n) is 6.58. The van der Waals surface area contributed by atoms with Gasteiger partial charge < -0.3 is 5.73 Å². The van der Waals surface area contributed by atoms with Crippen LogP contribution in [-0.4, -0.2) is 9.91 Å². The summed E-state index contributed by atoms with van der Waals surface area (Å²) in [6.45, 7) is 0. The number of halogens is 3. The molecule has 0 aliphatic heterocycles. The number of hydrogen-bond donors (Lipinski definition) is 1. The Morgan fingerprint density at radius 1 is 1.64 bits per heavy atom. The van der Waals surface area contributed by atoms with Gasteiger partial charge in [0.1, 0.15) is 16.5 Å². The zero-order chi connectivity index (χ0) is 10.9. The van der Waals surface area contributed by atoms with Crippen molar-refractivity contribution >= 4 is 23.1 Å². The lowest BCUT2D eigenvalue weighted by atomic mass is 10.3. The third kappa shape index (κ3) is 1.87. The van der Waals surface area contributed by atoms with Crippen LogP contribution in [0.15, 0.2) is 6.07 Å². The second-order valence-corrected chi connectivity index (χ2v) is 2.70. The van der Waals surface area contributed by atoms with E-state index in [1.807, 2.05) is 0 Å². The monoisotopic (exact) mass is 223 g/mol. The van der Waals surface area contributed by atoms with Gasteiger partial charge in [-0.1, -0.05) is 11.6 Å². The van der Waals surface area contributed by atoms with Crippen LogP contribution in [0, 0.1) is 10.1 Å². The molecule has 5 nitrogen and oxygen atoms in total. The summed E-state index contributed by atoms with van der Waals surface area (Å²) in [5.74, 6) is -0.364. The Kier molecular flexibility index (Phi) is 2.80. The molecule has 0 fully saturated rings. The van der Waals surface area contributed by atoms with E-state index in [0.29, 0.717) is 0 Å². The number of aromatic nitrogens is 1. The summed E-state index contributed by atoms with van der Waals surface area (Å²) in [6.07, 6.45) is -3.00. The Morgan fingerprint density at radius 2 is 2.21 bits per heavy atom. The lowest BCUT2D eigenvalue weighted by Crippen LogP contribution is -2.01. The maximum Gasteiger partial charge on any atom is 0.293 e. The normalized spacial score (nSPS) is 10.6. The molecule has 2 N–H and O–H groups in total. The number of alkyl halides is 2. The number of nitrogens with zero attached hydrogens (tertiary/aromatic N) is 2. The molecule has 0 aromatic carbocycles. The van der Waals surface area contributed by atoms with Crippen molar-refractivity contribution in [2.75, 3.05) is 5.73 Å². The van der Waals surface area contributed by atoms with Crippen molar-refractivity contribution in [1.29, 1.82) is 0 Å². The van der Waals surface area contributed by atoms with Crippen LogP contribution < -0.4 is 5.73 Å². The molecule has 0 aliphatic rings. The first-order valence-electron chi connectivity index (χ1n) is 3.32. The van der Waals surface area contributed by atoms with Crippen LogP contribution in [0.1, 0.15) is 12.1 Å². The van der Waals surface area contributed by atoms with Gasteiger partial charge in [0.05, 0.1) is 11.0 Å². The van der Waals surface area contributed by atoms with E-state index in [1.165, 1.54) is 0 Å². The fourth-order valence-corrected chi connectivity index (χ4v) is 1.08. The van der Waals surface area contributed by atoms with E-state index >= 15 is 0 Å². The first kappa shape index (κ1) is 10.6. The van der Waals surface area contributed by atoms with E-state index in [0.717, 1.165) is 6.07 Å². The van der Waals surface area contributed by atoms with Gasteiger partial charge in [0.15, 0.2) is 0 Å². The minimum absolute atomic E-state index is 0.364. The molecule has 0 saturated carbocycles. The quantitative estimate of drug-likeness (QED) is 0.615. The fourth-order valence-electron chi connectivity index (χ4n) is 0.833. The van der Waals surface area contributed by atoms with Gasteiger partial charge in [-0.15, -0.1) is 0 Å². The predicted octanol–water partition coefficient (Wildman–Crippen LogP) is 2.16. The Morgan fingerprint density at radius 3 is 2.64 bits per heavy atom. The van der Waals surface area contributed by atoms with Crippen molar-refractivity contribution in [3.63, 3.8) is 0 Å². The molecule has 8 heteroatoms. The molecule has 76 valence electrons. The number of rotatable bonds is 2. The Bertz CT molecular complexity index is 386. The van der Waals surface area contributed by atoms with Crippen molar-refractivity contribution < 1.29 is 13.7 Å². The van der Waals surface area contributed by atoms with Crippen molar-refractivity contribution in [2.45, 2.75) is 6.43 Å². The Labute approximate surface area is 81.6 Å². The first-order chi connectivity index (χ1) is 6.43. The highest BCUT2D eigenvalue weighted by Crippen LogP contribution is 2.33. The Hall–Kier alpha value is -1.50. The van der Waals surface area contributed by atoms with Crippen LogP contribution in [0.3, 0.4) is 0 Å². The maximum absolute atomic E-state index is 12.2. The fraction of sp³-hybridized carbons (Fsp3) is 0.167. The van der Waals surface area contributed by atoms with Crippen molar-refractivity contribution in [2.24, 2.45) is 0 Å². The molecule has 0 unspecified atom stereocenters. The summed E-state index contributed by atoms with van der Waals surface area (Å²) < 4.78 is 24.5. The molecular formula is C6H4ClF2N3O2. The highest BCUT2D eigenvalue weighted by Gasteiger charge is 2.23. The lowest BCUT2D eigenvalue weighted by Gasteiger charge is -2.03. The summed E-state index contributed by atoms with van der Waals surface area (Å²) in [7, 11) is 0. The molecule has 1 heterocycles. The molecular weight excluding hydrogens is 220 g/mol. The minimum Gasteiger partial charge on any atom is -0.383 e. The smallest absolute Gasteiger partial charge is 0.293 e. The molecule has 1 aromatic rings. The Balaban J connectivity index is 3.40. The molecule has 0 bridgehead atoms. The largest absolute Gasteiger partial charge is 0.383 e. The van der Waals surface area contributed by atoms with Crippen LogP contribution in [0.5, 0.6) is 0 Å². The number of hydrogen-bond acceptors (Lipinski definition) is 4. The molecule has 0 radical (unpaired) electrons. The summed E-state index contributed by atoms with van der Waals surface area (Å²) in [5.41, 5.74) is 3.55. The molecule has 0 amide bonds. The van der Waals surface area contributed by atoms with Crippen LogP contribution in [-0.2, 0) is 0 Å². The second-order valence-electron chi connectivity index (χ2n) is 2.32. The molecule has 1 rings (SSSR count). The number of nitrogen functional groups attached to an aromatic ring is 1. The van der Waals surface area contributed by atoms with Crippen LogP contribution in [0.4, 0.5) is 20.3 Å². The van der Waals surface area contributed by atoms with Gasteiger partial charge in [0.25, 0.3) is 12.1 Å². The second kappa shape index (κ2) is 3.70. The molecule has 14 heavy (non-hydrogen) atoms. The van der Waals surface area contributed by atoms with Gasteiger partial charge in [-0.05, 0) is 0 Å². The first-order valence-corrected chi connectivity index (χ1v) is 3.69. The van der Waals surface area contributed by atoms with E-state index in [2.05, 4.69) is 4.98 Å². The summed E-state index contributed by atoms with van der Waals surface area (Å²) in [5, 5.41) is 9.66. The van der Waals surface area contributed by atoms with Gasteiger partial charge >= 0.3 is 0 Å². The van der Waals surface area contributed by atoms with Crippen molar-refractivity contribution in [1.82, 2.24) is 4.98 Å². The van der Waals surface area contributed by atoms with Crippen molar-refractivity contribution in [3.05, 3.63) is 26.9 Å². The van der Waals surface area contributed by atoms with E-state index < -0.39 is 27.8 Å². The predicted molar refractivity (Wildman–Crippen MR) is 45.3 cm³/mol. The van der Waals surface area contributed by atoms with Crippen LogP contribution in [0.25, 0.3) is 0 Å². The maximum atomic E-state index is 12.2. The number of pyridine rings is 1. The average molecular weight is 224 g/mol. The van der Waals surface area contributed by atoms with Gasteiger partial charge in [0, 0.05) is 0 Å². The third-order valence-corrected chi connectivity index (χ3v) is 1.77. The lowest BCUT2D eigenvalue weighted by molar-refractivity contribution is -0.384. The average Bonchev–Trinajstić information content (AvgIpc) is 2.07. The third-order valence-electron chi connectivity index (χ3n) is 1.39. The highest BCUT2D eigenvalue weighted by atomic mass is 35.5. The molecule has 0 atom stereocenters. The van der Waals surface area contributed by atoms with Crippen molar-refractivity contribution in [3.8, 4) is 0 Å². The number of nitrogens with two attached hydrogens (primary N) is 1. The SMILES string of the molecule is Nc1cc([N+](=O)[O-])c(Cl)c(C(F)F)n1. The van der Waals surface area contributed by atoms with E-state index in [4.69, 9.17) is 17.3 Å². The van der Waals surface area contributed by atoms with Gasteiger partial charge in [0.2, 0.25) is 0 Å². The standard InChI is InChI=1S/C6H4ClF2N3O2/c7-4-2(12(13)14)1-3(10)11-5(4)6(8)9/h1,6H,(H2,10,11). The number of nitro groups is 1. The molecule has 0 saturated heterocycles. The van der Waals surface area contributed by atoms with Gasteiger partial charge in [-0.25, -0.2) is 13.8 Å². The topological polar surface area (TPSA) is 82.0 Å². The summed E-state index contributed by atoms with van der Waals surface area (Å²) in [4.78, 5) is 12.7. The van der Waals surface area contributed by atoms with E-state index in [-0.39, 0.29) is 5.82 Å². The van der Waals surface area contributed by atoms with Gasteiger partial charge in [-0.2, -0.15) is 0 Å². The summed E-state index contributed by atoms with van der Waals surface area (Å²) in [6, 6.07) is 0.828. The minimum atomic E-state index is -3.00. The molecule has 0 spiro atoms. The molecule has 0 aliphatic carbocycles. The zero-order valence-corrected chi connectivity index (χ0v) is 7.33. The highest BCUT2D eigenvalue weighted by molar-refractivity contribution is 6.33. The molecule has 1 aromatic heterocycles. The van der Waals surface area contributed by atoms with E-state index in [9.17, 15) is 18.9 Å².